The van der Waals surface area contributed by atoms with Gasteiger partial charge < -0.3 is 19.9 Å². The zero-order valence-corrected chi connectivity index (χ0v) is 18.4. The number of piperazine rings is 4. The van der Waals surface area contributed by atoms with Crippen LogP contribution in [0.1, 0.15) is 13.8 Å². The quantitative estimate of drug-likeness (QED) is 0.356. The summed E-state index contributed by atoms with van der Waals surface area (Å²) in [7, 11) is 0. The number of halogens is 1. The molecular formula is C17H33IN6O2. The van der Waals surface area contributed by atoms with Crippen molar-refractivity contribution in [2.45, 2.75) is 19.9 Å². The van der Waals surface area contributed by atoms with E-state index in [1.165, 1.54) is 26.2 Å². The zero-order valence-electron chi connectivity index (χ0n) is 16.0. The van der Waals surface area contributed by atoms with Crippen LogP contribution in [0.4, 0.5) is 4.79 Å². The molecule has 1 amide bonds. The van der Waals surface area contributed by atoms with Crippen LogP contribution in [0.3, 0.4) is 0 Å². The molecule has 1 N–H and O–H groups in total. The van der Waals surface area contributed by atoms with Crippen molar-refractivity contribution in [1.29, 1.82) is 0 Å². The third-order valence-electron chi connectivity index (χ3n) is 5.28. The van der Waals surface area contributed by atoms with E-state index >= 15 is 0 Å². The van der Waals surface area contributed by atoms with Crippen molar-refractivity contribution in [3.63, 3.8) is 0 Å². The fraction of sp³-hybridized carbons (Fsp3) is 0.882. The fourth-order valence-corrected chi connectivity index (χ4v) is 3.83. The van der Waals surface area contributed by atoms with E-state index in [1.807, 2.05) is 6.92 Å². The first kappa shape index (κ1) is 21.5. The van der Waals surface area contributed by atoms with Gasteiger partial charge in [-0.25, -0.2) is 4.79 Å². The van der Waals surface area contributed by atoms with Gasteiger partial charge in [0.15, 0.2) is 5.96 Å². The van der Waals surface area contributed by atoms with E-state index in [9.17, 15) is 4.79 Å². The summed E-state index contributed by atoms with van der Waals surface area (Å²) >= 11 is 0. The number of amides is 1. The van der Waals surface area contributed by atoms with Gasteiger partial charge in [-0.05, 0) is 13.8 Å². The molecule has 26 heavy (non-hydrogen) atoms. The first-order chi connectivity index (χ1) is 12.2. The molecule has 0 saturated carbocycles. The van der Waals surface area contributed by atoms with Gasteiger partial charge in [-0.15, -0.1) is 24.0 Å². The van der Waals surface area contributed by atoms with Gasteiger partial charge in [0.05, 0.1) is 13.2 Å². The first-order valence-electron chi connectivity index (χ1n) is 9.62. The number of fused-ring (bicyclic) bond motifs is 3. The van der Waals surface area contributed by atoms with E-state index in [-0.39, 0.29) is 30.1 Å². The van der Waals surface area contributed by atoms with Gasteiger partial charge in [-0.3, -0.25) is 14.8 Å². The number of ether oxygens (including phenoxy) is 1. The van der Waals surface area contributed by atoms with Gasteiger partial charge in [0, 0.05) is 71.5 Å². The van der Waals surface area contributed by atoms with Crippen molar-refractivity contribution < 1.29 is 9.53 Å². The summed E-state index contributed by atoms with van der Waals surface area (Å²) in [5.41, 5.74) is 0. The van der Waals surface area contributed by atoms with Crippen LogP contribution >= 0.6 is 24.0 Å². The molecule has 4 fully saturated rings. The van der Waals surface area contributed by atoms with E-state index in [0.29, 0.717) is 25.7 Å². The fourth-order valence-electron chi connectivity index (χ4n) is 3.83. The molecule has 1 unspecified atom stereocenters. The number of carbonyl (C=O) groups is 1. The van der Waals surface area contributed by atoms with Crippen LogP contribution in [-0.2, 0) is 4.74 Å². The van der Waals surface area contributed by atoms with Crippen molar-refractivity contribution in [1.82, 2.24) is 24.9 Å². The molecule has 4 heterocycles. The lowest BCUT2D eigenvalue weighted by molar-refractivity contribution is 0.0173. The molecule has 0 aromatic carbocycles. The predicted molar refractivity (Wildman–Crippen MR) is 113 cm³/mol. The largest absolute Gasteiger partial charge is 0.450 e. The van der Waals surface area contributed by atoms with E-state index in [4.69, 9.17) is 9.73 Å². The lowest BCUT2D eigenvalue weighted by atomic mass is 10.1. The van der Waals surface area contributed by atoms with Gasteiger partial charge in [0.25, 0.3) is 0 Å². The Morgan fingerprint density at radius 3 is 2.23 bits per heavy atom. The predicted octanol–water partition coefficient (Wildman–Crippen LogP) is 0.344. The first-order valence-corrected chi connectivity index (χ1v) is 9.62. The Balaban J connectivity index is 0.00000243. The maximum atomic E-state index is 11.8. The van der Waals surface area contributed by atoms with Crippen LogP contribution in [-0.4, -0.2) is 116 Å². The smallest absolute Gasteiger partial charge is 0.409 e. The Morgan fingerprint density at radius 2 is 1.69 bits per heavy atom. The number of hydrogen-bond acceptors (Lipinski definition) is 5. The van der Waals surface area contributed by atoms with Crippen LogP contribution in [0.15, 0.2) is 4.99 Å². The van der Waals surface area contributed by atoms with Crippen LogP contribution < -0.4 is 5.32 Å². The molecule has 2 bridgehead atoms. The number of carbonyl (C=O) groups excluding carboxylic acids is 1. The zero-order chi connectivity index (χ0) is 17.6. The summed E-state index contributed by atoms with van der Waals surface area (Å²) in [6.45, 7) is 14.9. The third-order valence-corrected chi connectivity index (χ3v) is 5.28. The number of hydrogen-bond donors (Lipinski definition) is 1. The van der Waals surface area contributed by atoms with E-state index < -0.39 is 0 Å². The summed E-state index contributed by atoms with van der Waals surface area (Å²) in [6, 6.07) is 0.539. The Labute approximate surface area is 173 Å². The minimum atomic E-state index is -0.204. The molecule has 0 aliphatic carbocycles. The standard InChI is InChI=1S/C17H32N6O2.HI/c1-3-18-16(19-13-15-14-20-5-7-21(15)8-6-20)22-9-11-23(12-10-22)17(24)25-4-2;/h15H,3-14H2,1-2H3,(H,18,19);1H. The number of nitrogens with one attached hydrogen (secondary N) is 1. The summed E-state index contributed by atoms with van der Waals surface area (Å²) in [5.74, 6) is 0.976. The Bertz CT molecular complexity index is 476. The molecule has 0 aromatic rings. The number of rotatable bonds is 4. The van der Waals surface area contributed by atoms with Crippen LogP contribution in [0, 0.1) is 0 Å². The molecule has 0 spiro atoms. The van der Waals surface area contributed by atoms with Crippen LogP contribution in [0.25, 0.3) is 0 Å². The second-order valence-corrected chi connectivity index (χ2v) is 6.86. The maximum absolute atomic E-state index is 11.8. The number of guanidine groups is 1. The van der Waals surface area contributed by atoms with Crippen molar-refractivity contribution in [3.05, 3.63) is 0 Å². The molecular weight excluding hydrogens is 447 g/mol. The second-order valence-electron chi connectivity index (χ2n) is 6.86. The molecule has 4 saturated heterocycles. The summed E-state index contributed by atoms with van der Waals surface area (Å²) in [6.07, 6.45) is -0.204. The average molecular weight is 480 g/mol. The highest BCUT2D eigenvalue weighted by atomic mass is 127. The highest BCUT2D eigenvalue weighted by Crippen LogP contribution is 2.16. The molecule has 1 atom stereocenters. The van der Waals surface area contributed by atoms with Gasteiger partial charge in [-0.1, -0.05) is 0 Å². The molecule has 4 rings (SSSR count). The van der Waals surface area contributed by atoms with Crippen LogP contribution in [0.2, 0.25) is 0 Å². The van der Waals surface area contributed by atoms with Crippen molar-refractivity contribution in [2.75, 3.05) is 78.6 Å². The highest BCUT2D eigenvalue weighted by Gasteiger charge is 2.32. The third kappa shape index (κ3) is 5.35. The van der Waals surface area contributed by atoms with Gasteiger partial charge in [0.2, 0.25) is 0 Å². The SMILES string of the molecule is CCNC(=NCC1CN2CCN1CC2)N1CCN(C(=O)OCC)CC1.I. The molecule has 0 radical (unpaired) electrons. The lowest BCUT2D eigenvalue weighted by Crippen LogP contribution is -2.62. The number of aliphatic imine (C=N–C) groups is 1. The molecule has 4 aliphatic heterocycles. The van der Waals surface area contributed by atoms with Crippen molar-refractivity contribution in [2.24, 2.45) is 4.99 Å². The topological polar surface area (TPSA) is 63.7 Å². The maximum Gasteiger partial charge on any atom is 0.409 e. The van der Waals surface area contributed by atoms with Crippen molar-refractivity contribution >= 4 is 36.0 Å². The van der Waals surface area contributed by atoms with E-state index in [2.05, 4.69) is 26.9 Å². The van der Waals surface area contributed by atoms with Crippen LogP contribution in [0.5, 0.6) is 0 Å². The molecule has 4 aliphatic rings. The Hall–Kier alpha value is -0.810. The monoisotopic (exact) mass is 480 g/mol. The second kappa shape index (κ2) is 10.5. The minimum absolute atomic E-state index is 0. The summed E-state index contributed by atoms with van der Waals surface area (Å²) in [4.78, 5) is 25.9. The van der Waals surface area contributed by atoms with Gasteiger partial charge in [0.1, 0.15) is 0 Å². The Morgan fingerprint density at radius 1 is 1.04 bits per heavy atom. The summed E-state index contributed by atoms with van der Waals surface area (Å²) in [5, 5.41) is 3.41. The minimum Gasteiger partial charge on any atom is -0.450 e. The number of nitrogens with zero attached hydrogens (tertiary/aromatic N) is 5. The van der Waals surface area contributed by atoms with E-state index in [0.717, 1.165) is 38.7 Å². The normalized spacial score (nSPS) is 28.5. The molecule has 0 aromatic heterocycles. The molecule has 150 valence electrons. The highest BCUT2D eigenvalue weighted by molar-refractivity contribution is 14.0. The van der Waals surface area contributed by atoms with Crippen molar-refractivity contribution in [3.8, 4) is 0 Å². The summed E-state index contributed by atoms with van der Waals surface area (Å²) < 4.78 is 5.09. The lowest BCUT2D eigenvalue weighted by Gasteiger charge is -2.47. The molecule has 8 nitrogen and oxygen atoms in total. The van der Waals surface area contributed by atoms with E-state index in [1.54, 1.807) is 4.90 Å². The van der Waals surface area contributed by atoms with Gasteiger partial charge >= 0.3 is 6.09 Å². The molecule has 9 heteroatoms. The van der Waals surface area contributed by atoms with Gasteiger partial charge in [-0.2, -0.15) is 0 Å². The average Bonchev–Trinajstić information content (AvgIpc) is 2.66. The Kier molecular flexibility index (Phi) is 8.68.